The van der Waals surface area contributed by atoms with Crippen LogP contribution in [0.4, 0.5) is 9.18 Å². The summed E-state index contributed by atoms with van der Waals surface area (Å²) in [5.74, 6) is -0.0534. The van der Waals surface area contributed by atoms with Crippen LogP contribution < -0.4 is 5.32 Å². The lowest BCUT2D eigenvalue weighted by atomic mass is 9.97. The molecule has 2 aromatic rings. The second-order valence-corrected chi connectivity index (χ2v) is 9.74. The first-order chi connectivity index (χ1) is 14.8. The number of amides is 1. The lowest BCUT2D eigenvalue weighted by molar-refractivity contribution is 0.00422. The van der Waals surface area contributed by atoms with Crippen LogP contribution in [0.5, 0.6) is 0 Å². The molecule has 1 saturated heterocycles. The van der Waals surface area contributed by atoms with Crippen molar-refractivity contribution in [3.8, 4) is 0 Å². The Bertz CT molecular complexity index is 857. The summed E-state index contributed by atoms with van der Waals surface area (Å²) in [7, 11) is 0. The summed E-state index contributed by atoms with van der Waals surface area (Å²) in [5, 5.41) is 7.83. The van der Waals surface area contributed by atoms with E-state index in [1.54, 1.807) is 6.20 Å². The molecule has 4 atom stereocenters. The lowest BCUT2D eigenvalue weighted by Gasteiger charge is -2.43. The second-order valence-electron chi connectivity index (χ2n) is 9.74. The second kappa shape index (κ2) is 8.99. The van der Waals surface area contributed by atoms with Gasteiger partial charge in [-0.1, -0.05) is 12.1 Å². The molecule has 1 amide bonds. The summed E-state index contributed by atoms with van der Waals surface area (Å²) in [5.41, 5.74) is 0.734. The average molecular weight is 429 g/mol. The molecule has 6 nitrogen and oxygen atoms in total. The van der Waals surface area contributed by atoms with E-state index < -0.39 is 0 Å². The molecule has 1 aromatic carbocycles. The van der Waals surface area contributed by atoms with Gasteiger partial charge in [0, 0.05) is 30.5 Å². The van der Waals surface area contributed by atoms with Crippen LogP contribution in [-0.2, 0) is 4.74 Å². The molecule has 31 heavy (non-hydrogen) atoms. The van der Waals surface area contributed by atoms with E-state index in [0.29, 0.717) is 6.42 Å². The van der Waals surface area contributed by atoms with Gasteiger partial charge in [0.2, 0.25) is 0 Å². The van der Waals surface area contributed by atoms with E-state index in [1.807, 2.05) is 34.0 Å². The highest BCUT2D eigenvalue weighted by atomic mass is 19.1. The summed E-state index contributed by atoms with van der Waals surface area (Å²) < 4.78 is 21.5. The molecule has 168 valence electrons. The maximum atomic E-state index is 13.4. The highest BCUT2D eigenvalue weighted by Crippen LogP contribution is 2.43. The van der Waals surface area contributed by atoms with Crippen molar-refractivity contribution >= 4 is 6.09 Å². The highest BCUT2D eigenvalue weighted by molar-refractivity contribution is 5.69. The van der Waals surface area contributed by atoms with Crippen LogP contribution in [0.1, 0.15) is 64.0 Å². The van der Waals surface area contributed by atoms with E-state index in [4.69, 9.17) is 4.74 Å². The minimum absolute atomic E-state index is 0.0414. The molecular formula is C24H33FN4O2. The van der Waals surface area contributed by atoms with Crippen molar-refractivity contribution in [2.24, 2.45) is 0 Å². The molecule has 0 bridgehead atoms. The first kappa shape index (κ1) is 21.8. The van der Waals surface area contributed by atoms with Gasteiger partial charge in [-0.05, 0) is 82.7 Å². The third-order valence-electron chi connectivity index (χ3n) is 6.49. The molecule has 2 fully saturated rings. The van der Waals surface area contributed by atoms with E-state index in [-0.39, 0.29) is 41.6 Å². The minimum atomic E-state index is -0.336. The zero-order valence-electron chi connectivity index (χ0n) is 18.6. The number of aromatic nitrogens is 2. The van der Waals surface area contributed by atoms with Gasteiger partial charge in [-0.2, -0.15) is 5.10 Å². The van der Waals surface area contributed by atoms with Gasteiger partial charge in [0.25, 0.3) is 0 Å². The number of ether oxygens (including phenoxy) is 1. The summed E-state index contributed by atoms with van der Waals surface area (Å²) in [6.45, 7) is 7.96. The van der Waals surface area contributed by atoms with Gasteiger partial charge in [-0.15, -0.1) is 0 Å². The Balaban J connectivity index is 1.54. The molecule has 2 heterocycles. The van der Waals surface area contributed by atoms with Gasteiger partial charge in [0.05, 0.1) is 6.04 Å². The number of rotatable bonds is 4. The van der Waals surface area contributed by atoms with Crippen LogP contribution in [0.2, 0.25) is 0 Å². The minimum Gasteiger partial charge on any atom is -0.444 e. The fourth-order valence-corrected chi connectivity index (χ4v) is 5.08. The number of benzene rings is 1. The topological polar surface area (TPSA) is 59.4 Å². The Morgan fingerprint density at radius 1 is 1.26 bits per heavy atom. The monoisotopic (exact) mass is 428 g/mol. The van der Waals surface area contributed by atoms with Crippen LogP contribution in [0.3, 0.4) is 0 Å². The average Bonchev–Trinajstić information content (AvgIpc) is 3.38. The Morgan fingerprint density at radius 3 is 2.65 bits per heavy atom. The number of nitrogens with one attached hydrogen (secondary N) is 1. The Hall–Kier alpha value is -2.41. The van der Waals surface area contributed by atoms with Crippen molar-refractivity contribution in [3.63, 3.8) is 0 Å². The van der Waals surface area contributed by atoms with Crippen molar-refractivity contribution in [1.29, 1.82) is 0 Å². The molecule has 0 radical (unpaired) electrons. The molecule has 1 aliphatic carbocycles. The van der Waals surface area contributed by atoms with Crippen LogP contribution in [0.25, 0.3) is 0 Å². The maximum Gasteiger partial charge on any atom is 0.410 e. The van der Waals surface area contributed by atoms with Crippen LogP contribution in [-0.4, -0.2) is 51.5 Å². The largest absolute Gasteiger partial charge is 0.444 e. The first-order valence-corrected chi connectivity index (χ1v) is 11.3. The molecule has 4 unspecified atom stereocenters. The normalized spacial score (nSPS) is 26.6. The summed E-state index contributed by atoms with van der Waals surface area (Å²) >= 11 is 0. The van der Waals surface area contributed by atoms with Crippen molar-refractivity contribution in [2.75, 3.05) is 13.1 Å². The Kier molecular flexibility index (Phi) is 6.32. The fraction of sp³-hybridized carbons (Fsp3) is 0.583. The third kappa shape index (κ3) is 4.92. The molecule has 7 heteroatoms. The number of hydrogen-bond donors (Lipinski definition) is 1. The number of carbonyl (C=O) groups is 1. The maximum absolute atomic E-state index is 13.4. The standard InChI is InChI=1S/C24H33FN4O2/c1-24(2,3)29(20-6-4-11-26-16-20)23(30)31-22-15-18(17-7-9-19(25)10-8-17)14-21(22)28-13-5-12-27-28/h5,7-10,12-13,18,20-22,26H,4,6,11,14-16H2,1-3H3. The lowest BCUT2D eigenvalue weighted by Crippen LogP contribution is -2.57. The third-order valence-corrected chi connectivity index (χ3v) is 6.49. The van der Waals surface area contributed by atoms with Crippen molar-refractivity contribution in [2.45, 2.75) is 76.1 Å². The van der Waals surface area contributed by atoms with E-state index in [0.717, 1.165) is 37.9 Å². The van der Waals surface area contributed by atoms with Crippen molar-refractivity contribution < 1.29 is 13.9 Å². The zero-order chi connectivity index (χ0) is 22.0. The van der Waals surface area contributed by atoms with Crippen LogP contribution in [0, 0.1) is 5.82 Å². The number of nitrogens with zero attached hydrogens (tertiary/aromatic N) is 3. The van der Waals surface area contributed by atoms with Crippen LogP contribution >= 0.6 is 0 Å². The van der Waals surface area contributed by atoms with Crippen molar-refractivity contribution in [3.05, 3.63) is 54.1 Å². The quantitative estimate of drug-likeness (QED) is 0.779. The van der Waals surface area contributed by atoms with Crippen molar-refractivity contribution in [1.82, 2.24) is 20.0 Å². The van der Waals surface area contributed by atoms with E-state index in [9.17, 15) is 9.18 Å². The molecular weight excluding hydrogens is 395 g/mol. The fourth-order valence-electron chi connectivity index (χ4n) is 5.08. The number of halogens is 1. The van der Waals surface area contributed by atoms with Gasteiger partial charge < -0.3 is 10.1 Å². The van der Waals surface area contributed by atoms with Gasteiger partial charge in [-0.3, -0.25) is 9.58 Å². The Labute approximate surface area is 183 Å². The molecule has 1 N–H and O–H groups in total. The van der Waals surface area contributed by atoms with E-state index in [1.165, 1.54) is 12.1 Å². The van der Waals surface area contributed by atoms with Gasteiger partial charge in [0.15, 0.2) is 0 Å². The van der Waals surface area contributed by atoms with E-state index >= 15 is 0 Å². The van der Waals surface area contributed by atoms with Gasteiger partial charge in [-0.25, -0.2) is 9.18 Å². The number of piperidine rings is 1. The summed E-state index contributed by atoms with van der Waals surface area (Å²) in [6, 6.07) is 8.63. The molecule has 0 spiro atoms. The summed E-state index contributed by atoms with van der Waals surface area (Å²) in [4.78, 5) is 15.4. The predicted octanol–water partition coefficient (Wildman–Crippen LogP) is 4.50. The molecule has 4 rings (SSSR count). The smallest absolute Gasteiger partial charge is 0.410 e. The van der Waals surface area contributed by atoms with Gasteiger partial charge in [0.1, 0.15) is 11.9 Å². The SMILES string of the molecule is CC(C)(C)N(C(=O)OC1CC(c2ccc(F)cc2)CC1n1cccn1)C1CCCNC1. The predicted molar refractivity (Wildman–Crippen MR) is 117 cm³/mol. The molecule has 2 aliphatic rings. The Morgan fingerprint density at radius 2 is 2.03 bits per heavy atom. The number of carbonyl (C=O) groups excluding carboxylic acids is 1. The molecule has 1 saturated carbocycles. The van der Waals surface area contributed by atoms with Gasteiger partial charge >= 0.3 is 6.09 Å². The van der Waals surface area contributed by atoms with E-state index in [2.05, 4.69) is 31.2 Å². The van der Waals surface area contributed by atoms with Crippen LogP contribution in [0.15, 0.2) is 42.7 Å². The zero-order valence-corrected chi connectivity index (χ0v) is 18.6. The molecule has 1 aliphatic heterocycles. The molecule has 1 aromatic heterocycles. The number of hydrogen-bond acceptors (Lipinski definition) is 4. The first-order valence-electron chi connectivity index (χ1n) is 11.3. The summed E-state index contributed by atoms with van der Waals surface area (Å²) in [6.07, 6.45) is 6.65. The highest BCUT2D eigenvalue weighted by Gasteiger charge is 2.42.